The Morgan fingerprint density at radius 1 is 0.976 bits per heavy atom. The van der Waals surface area contributed by atoms with Gasteiger partial charge in [-0.3, -0.25) is 4.79 Å². The van der Waals surface area contributed by atoms with Gasteiger partial charge in [0.05, 0.1) is 29.1 Å². The van der Waals surface area contributed by atoms with Gasteiger partial charge in [-0.15, -0.1) is 0 Å². The van der Waals surface area contributed by atoms with Gasteiger partial charge < -0.3 is 31.2 Å². The van der Waals surface area contributed by atoms with E-state index in [0.717, 1.165) is 16.8 Å². The number of benzene rings is 3. The fraction of sp³-hybridized carbons (Fsp3) is 0.281. The van der Waals surface area contributed by atoms with Gasteiger partial charge in [0.1, 0.15) is 5.60 Å². The lowest BCUT2D eigenvalue weighted by atomic mass is 9.98. The zero-order chi connectivity index (χ0) is 29.6. The van der Waals surface area contributed by atoms with Crippen LogP contribution in [0.5, 0.6) is 0 Å². The molecule has 1 heterocycles. The molecule has 9 nitrogen and oxygen atoms in total. The SMILES string of the molecule is CCOC(=O)c1ccc2c(c1)NC(=O)/C2=C(\Nc1ccc(C(N)CCNC(=O)OC(C)(C)C)cc1)c1ccccc1. The lowest BCUT2D eigenvalue weighted by Crippen LogP contribution is -2.33. The van der Waals surface area contributed by atoms with Crippen LogP contribution in [-0.4, -0.2) is 36.7 Å². The number of anilines is 2. The summed E-state index contributed by atoms with van der Waals surface area (Å²) in [5.74, 6) is -0.717. The van der Waals surface area contributed by atoms with Crippen LogP contribution in [0, 0.1) is 0 Å². The summed E-state index contributed by atoms with van der Waals surface area (Å²) in [4.78, 5) is 37.3. The fourth-order valence-electron chi connectivity index (χ4n) is 4.41. The van der Waals surface area contributed by atoms with Crippen LogP contribution in [0.4, 0.5) is 16.2 Å². The van der Waals surface area contributed by atoms with E-state index in [1.54, 1.807) is 25.1 Å². The Labute approximate surface area is 240 Å². The molecular weight excluding hydrogens is 520 g/mol. The maximum absolute atomic E-state index is 13.2. The number of carbonyl (C=O) groups excluding carboxylic acids is 3. The second-order valence-electron chi connectivity index (χ2n) is 10.6. The molecule has 3 aromatic carbocycles. The summed E-state index contributed by atoms with van der Waals surface area (Å²) < 4.78 is 10.4. The molecule has 214 valence electrons. The minimum atomic E-state index is -0.560. The first kappa shape index (κ1) is 29.4. The van der Waals surface area contributed by atoms with Crippen LogP contribution >= 0.6 is 0 Å². The van der Waals surface area contributed by atoms with Crippen molar-refractivity contribution >= 4 is 40.6 Å². The van der Waals surface area contributed by atoms with E-state index in [1.807, 2.05) is 75.4 Å². The molecular formula is C32H36N4O5. The summed E-state index contributed by atoms with van der Waals surface area (Å²) in [7, 11) is 0. The monoisotopic (exact) mass is 556 g/mol. The topological polar surface area (TPSA) is 132 Å². The predicted molar refractivity (Wildman–Crippen MR) is 160 cm³/mol. The number of amides is 2. The van der Waals surface area contributed by atoms with Gasteiger partial charge in [-0.1, -0.05) is 48.5 Å². The van der Waals surface area contributed by atoms with Gasteiger partial charge in [-0.05, 0) is 69.5 Å². The fourth-order valence-corrected chi connectivity index (χ4v) is 4.41. The third kappa shape index (κ3) is 7.52. The van der Waals surface area contributed by atoms with Crippen LogP contribution in [0.2, 0.25) is 0 Å². The van der Waals surface area contributed by atoms with Crippen LogP contribution in [0.25, 0.3) is 11.3 Å². The van der Waals surface area contributed by atoms with Crippen LogP contribution in [0.1, 0.15) is 67.2 Å². The number of fused-ring (bicyclic) bond motifs is 1. The van der Waals surface area contributed by atoms with E-state index in [1.165, 1.54) is 0 Å². The normalized spacial score (nSPS) is 14.4. The number of carbonyl (C=O) groups is 3. The molecule has 3 aromatic rings. The summed E-state index contributed by atoms with van der Waals surface area (Å²) in [6.45, 7) is 7.83. The molecule has 0 saturated carbocycles. The third-order valence-electron chi connectivity index (χ3n) is 6.32. The molecule has 0 bridgehead atoms. The van der Waals surface area contributed by atoms with Crippen LogP contribution < -0.4 is 21.7 Å². The zero-order valence-electron chi connectivity index (χ0n) is 23.7. The molecule has 0 spiro atoms. The van der Waals surface area contributed by atoms with Crippen molar-refractivity contribution in [2.45, 2.75) is 45.8 Å². The van der Waals surface area contributed by atoms with Crippen molar-refractivity contribution in [3.05, 3.63) is 95.1 Å². The van der Waals surface area contributed by atoms with E-state index < -0.39 is 17.7 Å². The minimum absolute atomic E-state index is 0.266. The predicted octanol–water partition coefficient (Wildman–Crippen LogP) is 5.71. The van der Waals surface area contributed by atoms with Crippen molar-refractivity contribution in [1.29, 1.82) is 0 Å². The summed E-state index contributed by atoms with van der Waals surface area (Å²) >= 11 is 0. The molecule has 2 amide bonds. The van der Waals surface area contributed by atoms with Gasteiger partial charge in [0, 0.05) is 23.8 Å². The molecule has 1 atom stereocenters. The number of alkyl carbamates (subject to hydrolysis) is 1. The Bertz CT molecular complexity index is 1440. The van der Waals surface area contributed by atoms with E-state index in [4.69, 9.17) is 15.2 Å². The Balaban J connectivity index is 1.54. The first-order valence-electron chi connectivity index (χ1n) is 13.6. The van der Waals surface area contributed by atoms with Crippen molar-refractivity contribution in [2.24, 2.45) is 5.73 Å². The Kier molecular flexibility index (Phi) is 9.09. The number of nitrogens with one attached hydrogen (secondary N) is 3. The number of esters is 1. The molecule has 1 unspecified atom stereocenters. The summed E-state index contributed by atoms with van der Waals surface area (Å²) in [6.07, 6.45) is 0.0659. The number of ether oxygens (including phenoxy) is 2. The van der Waals surface area contributed by atoms with E-state index in [-0.39, 0.29) is 18.6 Å². The zero-order valence-corrected chi connectivity index (χ0v) is 23.7. The molecule has 0 fully saturated rings. The van der Waals surface area contributed by atoms with Crippen molar-refractivity contribution < 1.29 is 23.9 Å². The van der Waals surface area contributed by atoms with Gasteiger partial charge in [-0.2, -0.15) is 0 Å². The molecule has 1 aliphatic rings. The third-order valence-corrected chi connectivity index (χ3v) is 6.32. The lowest BCUT2D eigenvalue weighted by Gasteiger charge is -2.20. The second kappa shape index (κ2) is 12.7. The van der Waals surface area contributed by atoms with Crippen molar-refractivity contribution in [2.75, 3.05) is 23.8 Å². The van der Waals surface area contributed by atoms with E-state index >= 15 is 0 Å². The van der Waals surface area contributed by atoms with Crippen LogP contribution in [0.3, 0.4) is 0 Å². The standard InChI is InChI=1S/C32H36N4O5/c1-5-40-30(38)22-13-16-24-26(19-22)36-29(37)27(24)28(21-9-7-6-8-10-21)35-23-14-11-20(12-15-23)25(33)17-18-34-31(39)41-32(2,3)4/h6-16,19,25,35H,5,17-18,33H2,1-4H3,(H,34,39)(H,36,37)/b28-27-. The molecule has 0 radical (unpaired) electrons. The summed E-state index contributed by atoms with van der Waals surface area (Å²) in [6, 6.07) is 22.0. The Morgan fingerprint density at radius 2 is 1.68 bits per heavy atom. The van der Waals surface area contributed by atoms with Crippen molar-refractivity contribution in [3.8, 4) is 0 Å². The quantitative estimate of drug-likeness (QED) is 0.196. The first-order valence-corrected chi connectivity index (χ1v) is 13.6. The molecule has 0 saturated heterocycles. The molecule has 9 heteroatoms. The molecule has 4 rings (SSSR count). The van der Waals surface area contributed by atoms with E-state index in [2.05, 4.69) is 16.0 Å². The number of hydrogen-bond acceptors (Lipinski definition) is 7. The highest BCUT2D eigenvalue weighted by Gasteiger charge is 2.29. The average molecular weight is 557 g/mol. The van der Waals surface area contributed by atoms with E-state index in [9.17, 15) is 14.4 Å². The van der Waals surface area contributed by atoms with Crippen molar-refractivity contribution in [3.63, 3.8) is 0 Å². The molecule has 0 aliphatic carbocycles. The highest BCUT2D eigenvalue weighted by atomic mass is 16.6. The van der Waals surface area contributed by atoms with Gasteiger partial charge in [0.15, 0.2) is 0 Å². The maximum Gasteiger partial charge on any atom is 0.407 e. The highest BCUT2D eigenvalue weighted by molar-refractivity contribution is 6.37. The molecule has 5 N–H and O–H groups in total. The minimum Gasteiger partial charge on any atom is -0.462 e. The smallest absolute Gasteiger partial charge is 0.407 e. The first-order chi connectivity index (χ1) is 19.6. The Hall–Kier alpha value is -4.63. The van der Waals surface area contributed by atoms with Gasteiger partial charge >= 0.3 is 12.1 Å². The second-order valence-corrected chi connectivity index (χ2v) is 10.6. The summed E-state index contributed by atoms with van der Waals surface area (Å²) in [5, 5.41) is 9.04. The van der Waals surface area contributed by atoms with Gasteiger partial charge in [0.25, 0.3) is 5.91 Å². The number of nitrogens with two attached hydrogens (primary N) is 1. The molecule has 1 aliphatic heterocycles. The average Bonchev–Trinajstić information content (AvgIpc) is 3.26. The molecule has 0 aromatic heterocycles. The highest BCUT2D eigenvalue weighted by Crippen LogP contribution is 2.38. The van der Waals surface area contributed by atoms with Gasteiger partial charge in [-0.25, -0.2) is 9.59 Å². The molecule has 41 heavy (non-hydrogen) atoms. The van der Waals surface area contributed by atoms with Crippen molar-refractivity contribution in [1.82, 2.24) is 5.32 Å². The van der Waals surface area contributed by atoms with Crippen LogP contribution in [-0.2, 0) is 14.3 Å². The Morgan fingerprint density at radius 3 is 2.34 bits per heavy atom. The maximum atomic E-state index is 13.2. The number of rotatable bonds is 9. The van der Waals surface area contributed by atoms with E-state index in [0.29, 0.717) is 41.1 Å². The largest absolute Gasteiger partial charge is 0.462 e. The summed E-state index contributed by atoms with van der Waals surface area (Å²) in [5.41, 5.74) is 11.0. The number of hydrogen-bond donors (Lipinski definition) is 4. The van der Waals surface area contributed by atoms with Gasteiger partial charge in [0.2, 0.25) is 0 Å². The van der Waals surface area contributed by atoms with Crippen LogP contribution in [0.15, 0.2) is 72.8 Å². The lowest BCUT2D eigenvalue weighted by molar-refractivity contribution is -0.110.